The third-order valence-electron chi connectivity index (χ3n) is 7.92. The minimum atomic E-state index is -1.25. The van der Waals surface area contributed by atoms with Crippen LogP contribution in [-0.2, 0) is 38.8 Å². The number of halogens is 1. The third-order valence-corrected chi connectivity index (χ3v) is 9.05. The molecule has 1 aromatic heterocycles. The molecule has 0 aliphatic carbocycles. The molecule has 3 aliphatic rings. The second-order valence-electron chi connectivity index (χ2n) is 10.4. The summed E-state index contributed by atoms with van der Waals surface area (Å²) in [5, 5.41) is 8.55. The Morgan fingerprint density at radius 3 is 2.41 bits per heavy atom. The molecule has 0 saturated carbocycles. The lowest BCUT2D eigenvalue weighted by atomic mass is 9.70. The lowest BCUT2D eigenvalue weighted by Gasteiger charge is -2.33. The molecule has 2 N–H and O–H groups in total. The largest absolute Gasteiger partial charge is 0.356 e. The first-order valence-corrected chi connectivity index (χ1v) is 14.1. The maximum absolute atomic E-state index is 14.2. The summed E-state index contributed by atoms with van der Waals surface area (Å²) < 4.78 is 6.57. The summed E-state index contributed by atoms with van der Waals surface area (Å²) in [6.07, 6.45) is 3.67. The highest BCUT2D eigenvalue weighted by molar-refractivity contribution is 7.09. The number of hydrogen-bond donors (Lipinski definition) is 2. The molecule has 0 unspecified atom stereocenters. The van der Waals surface area contributed by atoms with Crippen LogP contribution in [0.25, 0.3) is 0 Å². The Bertz CT molecular complexity index is 1430. The fourth-order valence-electron chi connectivity index (χ4n) is 6.17. The van der Waals surface area contributed by atoms with Gasteiger partial charge in [0.2, 0.25) is 17.7 Å². The van der Waals surface area contributed by atoms with Gasteiger partial charge in [0.1, 0.15) is 11.6 Å². The van der Waals surface area contributed by atoms with Gasteiger partial charge in [0.25, 0.3) is 0 Å². The number of fused-ring (bicyclic) bond motifs is 1. The van der Waals surface area contributed by atoms with E-state index in [-0.39, 0.29) is 24.3 Å². The Balaban J connectivity index is 1.32. The Labute approximate surface area is 235 Å². The number of rotatable bonds is 8. The Kier molecular flexibility index (Phi) is 6.57. The number of carbonyl (C=O) groups excluding carboxylic acids is 3. The zero-order valence-corrected chi connectivity index (χ0v) is 22.9. The smallest absolute Gasteiger partial charge is 0.246 e. The van der Waals surface area contributed by atoms with Crippen LogP contribution in [0.1, 0.15) is 22.9 Å². The van der Waals surface area contributed by atoms with E-state index >= 15 is 0 Å². The summed E-state index contributed by atoms with van der Waals surface area (Å²) >= 11 is 7.64. The lowest BCUT2D eigenvalue weighted by Crippen LogP contribution is -2.54. The predicted octanol–water partition coefficient (Wildman–Crippen LogP) is 4.08. The van der Waals surface area contributed by atoms with Crippen molar-refractivity contribution in [1.82, 2.24) is 15.5 Å². The number of ether oxygens (including phenoxy) is 1. The van der Waals surface area contributed by atoms with Gasteiger partial charge in [-0.3, -0.25) is 14.4 Å². The summed E-state index contributed by atoms with van der Waals surface area (Å²) in [6, 6.07) is 19.7. The number of nitrogens with one attached hydrogen (secondary N) is 2. The molecule has 2 saturated heterocycles. The van der Waals surface area contributed by atoms with Gasteiger partial charge in [-0.25, -0.2) is 0 Å². The van der Waals surface area contributed by atoms with Gasteiger partial charge in [0, 0.05) is 23.0 Å². The quantitative estimate of drug-likeness (QED) is 0.406. The van der Waals surface area contributed by atoms with Crippen LogP contribution in [0.15, 0.2) is 84.3 Å². The first-order valence-electron chi connectivity index (χ1n) is 12.9. The van der Waals surface area contributed by atoms with Gasteiger partial charge in [0.15, 0.2) is 0 Å². The summed E-state index contributed by atoms with van der Waals surface area (Å²) in [4.78, 5) is 44.2. The molecule has 7 nitrogen and oxygen atoms in total. The van der Waals surface area contributed by atoms with Crippen molar-refractivity contribution < 1.29 is 19.1 Å². The zero-order valence-electron chi connectivity index (χ0n) is 21.3. The first-order chi connectivity index (χ1) is 18.8. The molecule has 3 amide bonds. The van der Waals surface area contributed by atoms with Crippen LogP contribution in [0.2, 0.25) is 5.02 Å². The highest BCUT2D eigenvalue weighted by Gasteiger charge is 2.76. The molecule has 0 radical (unpaired) electrons. The summed E-state index contributed by atoms with van der Waals surface area (Å²) in [7, 11) is 0. The van der Waals surface area contributed by atoms with Crippen molar-refractivity contribution in [3.63, 3.8) is 0 Å². The van der Waals surface area contributed by atoms with E-state index in [0.717, 1.165) is 16.0 Å². The van der Waals surface area contributed by atoms with E-state index in [1.807, 2.05) is 79.1 Å². The van der Waals surface area contributed by atoms with Crippen LogP contribution in [0.3, 0.4) is 0 Å². The van der Waals surface area contributed by atoms with E-state index in [0.29, 0.717) is 18.1 Å². The molecule has 2 fully saturated rings. The average molecular weight is 562 g/mol. The van der Waals surface area contributed by atoms with E-state index in [1.165, 1.54) is 0 Å². The number of nitrogens with zero attached hydrogens (tertiary/aromatic N) is 1. The Morgan fingerprint density at radius 2 is 1.69 bits per heavy atom. The van der Waals surface area contributed by atoms with Crippen LogP contribution in [0, 0.1) is 11.8 Å². The molecule has 9 heteroatoms. The number of amides is 3. The molecule has 4 heterocycles. The standard InChI is InChI=1S/C30H28ClN3O4S/c1-29-13-14-30(38-29)24(23(29)26(35)33-17-22-8-5-15-39-22)28(37)34(18-20-9-11-21(31)12-10-20)25(30)27(36)32-16-19-6-3-2-4-7-19/h2-15,23-25H,16-18H2,1H3,(H,32,36)(H,33,35)/t23-,24+,25-,29-,30+/m1/s1. The minimum absolute atomic E-state index is 0.190. The average Bonchev–Trinajstić information content (AvgIpc) is 3.68. The second-order valence-corrected chi connectivity index (χ2v) is 11.9. The van der Waals surface area contributed by atoms with Crippen LogP contribution in [0.5, 0.6) is 0 Å². The van der Waals surface area contributed by atoms with Crippen molar-refractivity contribution in [2.24, 2.45) is 11.8 Å². The van der Waals surface area contributed by atoms with E-state index in [4.69, 9.17) is 16.3 Å². The molecular formula is C30H28ClN3O4S. The highest BCUT2D eigenvalue weighted by Crippen LogP contribution is 2.59. The van der Waals surface area contributed by atoms with Crippen molar-refractivity contribution in [2.75, 3.05) is 0 Å². The third kappa shape index (κ3) is 4.46. The predicted molar refractivity (Wildman–Crippen MR) is 149 cm³/mol. The first kappa shape index (κ1) is 25.8. The topological polar surface area (TPSA) is 87.7 Å². The van der Waals surface area contributed by atoms with Crippen LogP contribution in [-0.4, -0.2) is 39.9 Å². The molecule has 200 valence electrons. The SMILES string of the molecule is C[C@]12C=C[C@]3(O1)[C@H](C(=O)N(Cc1ccc(Cl)cc1)[C@@H]3C(=O)NCc1ccccc1)[C@@H]2C(=O)NCc1cccs1. The molecule has 6 rings (SSSR count). The second kappa shape index (κ2) is 9.93. The van der Waals surface area contributed by atoms with Crippen molar-refractivity contribution in [2.45, 2.75) is 43.8 Å². The summed E-state index contributed by atoms with van der Waals surface area (Å²) in [5.41, 5.74) is -0.472. The number of hydrogen-bond acceptors (Lipinski definition) is 5. The lowest BCUT2D eigenvalue weighted by molar-refractivity contribution is -0.145. The molecule has 3 aliphatic heterocycles. The fourth-order valence-corrected chi connectivity index (χ4v) is 6.94. The van der Waals surface area contributed by atoms with E-state index in [1.54, 1.807) is 28.4 Å². The van der Waals surface area contributed by atoms with Gasteiger partial charge in [-0.1, -0.05) is 72.3 Å². The van der Waals surface area contributed by atoms with Gasteiger partial charge in [-0.2, -0.15) is 0 Å². The van der Waals surface area contributed by atoms with Crippen molar-refractivity contribution in [1.29, 1.82) is 0 Å². The number of thiophene rings is 1. The summed E-state index contributed by atoms with van der Waals surface area (Å²) in [6.45, 7) is 2.69. The van der Waals surface area contributed by atoms with E-state index in [9.17, 15) is 14.4 Å². The van der Waals surface area contributed by atoms with Crippen molar-refractivity contribution >= 4 is 40.7 Å². The Morgan fingerprint density at radius 1 is 0.949 bits per heavy atom. The van der Waals surface area contributed by atoms with E-state index < -0.39 is 29.1 Å². The maximum atomic E-state index is 14.2. The van der Waals surface area contributed by atoms with Crippen LogP contribution in [0.4, 0.5) is 0 Å². The molecule has 3 aromatic rings. The fraction of sp³-hybridized carbons (Fsp3) is 0.300. The number of benzene rings is 2. The number of likely N-dealkylation sites (tertiary alicyclic amines) is 1. The van der Waals surface area contributed by atoms with Gasteiger partial charge in [-0.05, 0) is 41.6 Å². The molecular weight excluding hydrogens is 534 g/mol. The van der Waals surface area contributed by atoms with Gasteiger partial charge in [0.05, 0.1) is 24.0 Å². The van der Waals surface area contributed by atoms with Crippen molar-refractivity contribution in [3.8, 4) is 0 Å². The van der Waals surface area contributed by atoms with Gasteiger partial charge in [-0.15, -0.1) is 11.3 Å². The summed E-state index contributed by atoms with van der Waals surface area (Å²) in [5.74, 6) is -2.44. The van der Waals surface area contributed by atoms with Crippen LogP contribution < -0.4 is 10.6 Å². The van der Waals surface area contributed by atoms with E-state index in [2.05, 4.69) is 10.6 Å². The monoisotopic (exact) mass is 561 g/mol. The number of carbonyl (C=O) groups is 3. The normalized spacial score (nSPS) is 28.5. The van der Waals surface area contributed by atoms with Gasteiger partial charge >= 0.3 is 0 Å². The minimum Gasteiger partial charge on any atom is -0.356 e. The molecule has 2 aromatic carbocycles. The van der Waals surface area contributed by atoms with Gasteiger partial charge < -0.3 is 20.3 Å². The van der Waals surface area contributed by atoms with Crippen molar-refractivity contribution in [3.05, 3.63) is 105 Å². The Hall–Kier alpha value is -3.46. The highest BCUT2D eigenvalue weighted by atomic mass is 35.5. The molecule has 5 atom stereocenters. The molecule has 1 spiro atoms. The maximum Gasteiger partial charge on any atom is 0.246 e. The molecule has 39 heavy (non-hydrogen) atoms. The zero-order chi connectivity index (χ0) is 27.2. The molecule has 2 bridgehead atoms. The van der Waals surface area contributed by atoms with Crippen LogP contribution >= 0.6 is 22.9 Å².